The minimum absolute atomic E-state index is 0.285. The molecule has 1 unspecified atom stereocenters. The molecule has 0 fully saturated rings. The van der Waals surface area contributed by atoms with Crippen LogP contribution in [0.4, 0.5) is 8.78 Å². The quantitative estimate of drug-likeness (QED) is 0.589. The molecular formula is C9H17F2NO. The van der Waals surface area contributed by atoms with E-state index in [1.54, 1.807) is 0 Å². The highest BCUT2D eigenvalue weighted by Gasteiger charge is 2.04. The molecule has 0 saturated carbocycles. The van der Waals surface area contributed by atoms with Gasteiger partial charge in [-0.3, -0.25) is 4.79 Å². The molecular weight excluding hydrogens is 176 g/mol. The van der Waals surface area contributed by atoms with Gasteiger partial charge in [0.1, 0.15) is 12.8 Å². The van der Waals surface area contributed by atoms with Crippen LogP contribution in [0.1, 0.15) is 38.5 Å². The molecule has 1 amide bonds. The molecule has 78 valence electrons. The molecule has 0 aromatic carbocycles. The van der Waals surface area contributed by atoms with Crippen LogP contribution in [0.15, 0.2) is 0 Å². The van der Waals surface area contributed by atoms with E-state index in [4.69, 9.17) is 5.73 Å². The molecule has 0 rings (SSSR count). The Balaban J connectivity index is 3.04. The van der Waals surface area contributed by atoms with Gasteiger partial charge in [-0.05, 0) is 12.8 Å². The number of hydrogen-bond acceptors (Lipinski definition) is 1. The fourth-order valence-corrected chi connectivity index (χ4v) is 1.10. The van der Waals surface area contributed by atoms with Gasteiger partial charge in [0.15, 0.2) is 0 Å². The van der Waals surface area contributed by atoms with E-state index in [1.165, 1.54) is 0 Å². The summed E-state index contributed by atoms with van der Waals surface area (Å²) in [7, 11) is 0. The molecule has 0 aromatic rings. The number of amides is 1. The van der Waals surface area contributed by atoms with Crippen molar-refractivity contribution in [2.75, 3.05) is 6.67 Å². The molecule has 0 saturated heterocycles. The van der Waals surface area contributed by atoms with Gasteiger partial charge in [0.2, 0.25) is 5.91 Å². The van der Waals surface area contributed by atoms with Crippen molar-refractivity contribution in [3.8, 4) is 0 Å². The fourth-order valence-electron chi connectivity index (χ4n) is 1.10. The predicted molar refractivity (Wildman–Crippen MR) is 47.8 cm³/mol. The van der Waals surface area contributed by atoms with Crippen molar-refractivity contribution in [1.29, 1.82) is 0 Å². The van der Waals surface area contributed by atoms with Crippen LogP contribution in [-0.4, -0.2) is 18.8 Å². The Morgan fingerprint density at radius 2 is 1.85 bits per heavy atom. The van der Waals surface area contributed by atoms with Crippen LogP contribution >= 0.6 is 0 Å². The van der Waals surface area contributed by atoms with E-state index in [0.717, 1.165) is 19.3 Å². The molecule has 0 spiro atoms. The lowest BCUT2D eigenvalue weighted by Gasteiger charge is -2.02. The zero-order valence-corrected chi connectivity index (χ0v) is 7.77. The van der Waals surface area contributed by atoms with Gasteiger partial charge in [-0.25, -0.2) is 8.78 Å². The Bertz CT molecular complexity index is 142. The van der Waals surface area contributed by atoms with E-state index in [9.17, 15) is 13.6 Å². The van der Waals surface area contributed by atoms with Gasteiger partial charge in [-0.2, -0.15) is 0 Å². The van der Waals surface area contributed by atoms with Gasteiger partial charge >= 0.3 is 0 Å². The second-order valence-electron chi connectivity index (χ2n) is 3.17. The van der Waals surface area contributed by atoms with Crippen LogP contribution in [0.2, 0.25) is 0 Å². The smallest absolute Gasteiger partial charge is 0.217 e. The van der Waals surface area contributed by atoms with Crippen molar-refractivity contribution in [1.82, 2.24) is 0 Å². The van der Waals surface area contributed by atoms with Crippen molar-refractivity contribution >= 4 is 5.91 Å². The summed E-state index contributed by atoms with van der Waals surface area (Å²) in [6, 6.07) is 0. The zero-order chi connectivity index (χ0) is 10.1. The second kappa shape index (κ2) is 7.95. The highest BCUT2D eigenvalue weighted by atomic mass is 19.2. The zero-order valence-electron chi connectivity index (χ0n) is 7.77. The van der Waals surface area contributed by atoms with E-state index in [2.05, 4.69) is 0 Å². The Morgan fingerprint density at radius 3 is 2.38 bits per heavy atom. The summed E-state index contributed by atoms with van der Waals surface area (Å²) in [6.07, 6.45) is 2.51. The summed E-state index contributed by atoms with van der Waals surface area (Å²) >= 11 is 0. The SMILES string of the molecule is NC(=O)CCCCCCC(F)CF. The third-order valence-corrected chi connectivity index (χ3v) is 1.86. The Labute approximate surface area is 77.5 Å². The first-order valence-corrected chi connectivity index (χ1v) is 4.65. The number of primary amides is 1. The highest BCUT2D eigenvalue weighted by molar-refractivity contribution is 5.73. The van der Waals surface area contributed by atoms with E-state index < -0.39 is 12.8 Å². The van der Waals surface area contributed by atoms with Gasteiger partial charge in [-0.1, -0.05) is 19.3 Å². The highest BCUT2D eigenvalue weighted by Crippen LogP contribution is 2.09. The van der Waals surface area contributed by atoms with Crippen LogP contribution < -0.4 is 5.73 Å². The van der Waals surface area contributed by atoms with Crippen LogP contribution in [-0.2, 0) is 4.79 Å². The maximum absolute atomic E-state index is 12.3. The van der Waals surface area contributed by atoms with Crippen molar-refractivity contribution < 1.29 is 13.6 Å². The number of carbonyl (C=O) groups excluding carboxylic acids is 1. The second-order valence-corrected chi connectivity index (χ2v) is 3.17. The Morgan fingerprint density at radius 1 is 1.23 bits per heavy atom. The molecule has 0 bridgehead atoms. The average Bonchev–Trinajstić information content (AvgIpc) is 2.10. The van der Waals surface area contributed by atoms with Crippen LogP contribution in [0.5, 0.6) is 0 Å². The van der Waals surface area contributed by atoms with Gasteiger partial charge < -0.3 is 5.73 Å². The molecule has 0 aliphatic rings. The van der Waals surface area contributed by atoms with Crippen molar-refractivity contribution in [3.05, 3.63) is 0 Å². The molecule has 1 atom stereocenters. The van der Waals surface area contributed by atoms with Crippen molar-refractivity contribution in [3.63, 3.8) is 0 Å². The van der Waals surface area contributed by atoms with E-state index in [0.29, 0.717) is 12.8 Å². The van der Waals surface area contributed by atoms with E-state index >= 15 is 0 Å². The first-order valence-electron chi connectivity index (χ1n) is 4.65. The molecule has 0 aliphatic carbocycles. The van der Waals surface area contributed by atoms with Crippen LogP contribution in [0.25, 0.3) is 0 Å². The lowest BCUT2D eigenvalue weighted by atomic mass is 10.1. The van der Waals surface area contributed by atoms with Gasteiger partial charge in [-0.15, -0.1) is 0 Å². The molecule has 0 heterocycles. The Hall–Kier alpha value is -0.670. The van der Waals surface area contributed by atoms with Gasteiger partial charge in [0.25, 0.3) is 0 Å². The largest absolute Gasteiger partial charge is 0.370 e. The summed E-state index contributed by atoms with van der Waals surface area (Å²) in [6.45, 7) is -0.888. The molecule has 0 aromatic heterocycles. The van der Waals surface area contributed by atoms with Crippen LogP contribution in [0.3, 0.4) is 0 Å². The number of rotatable bonds is 8. The first kappa shape index (κ1) is 12.3. The molecule has 0 aliphatic heterocycles. The number of alkyl halides is 2. The molecule has 2 nitrogen and oxygen atoms in total. The molecule has 2 N–H and O–H groups in total. The lowest BCUT2D eigenvalue weighted by molar-refractivity contribution is -0.118. The number of carbonyl (C=O) groups is 1. The molecule has 13 heavy (non-hydrogen) atoms. The minimum atomic E-state index is -1.31. The van der Waals surface area contributed by atoms with Gasteiger partial charge in [0, 0.05) is 6.42 Å². The average molecular weight is 193 g/mol. The first-order chi connectivity index (χ1) is 6.16. The summed E-state index contributed by atoms with van der Waals surface area (Å²) in [4.78, 5) is 10.3. The molecule has 4 heteroatoms. The van der Waals surface area contributed by atoms with Gasteiger partial charge in [0.05, 0.1) is 0 Å². The molecule has 0 radical (unpaired) electrons. The minimum Gasteiger partial charge on any atom is -0.370 e. The van der Waals surface area contributed by atoms with Crippen molar-refractivity contribution in [2.45, 2.75) is 44.7 Å². The number of halogens is 2. The number of hydrogen-bond donors (Lipinski definition) is 1. The summed E-state index contributed by atoms with van der Waals surface area (Å²) in [5, 5.41) is 0. The summed E-state index contributed by atoms with van der Waals surface area (Å²) in [5.41, 5.74) is 4.93. The van der Waals surface area contributed by atoms with E-state index in [1.807, 2.05) is 0 Å². The number of nitrogens with two attached hydrogens (primary N) is 1. The maximum atomic E-state index is 12.3. The van der Waals surface area contributed by atoms with E-state index in [-0.39, 0.29) is 12.3 Å². The Kier molecular flexibility index (Phi) is 7.54. The number of unbranched alkanes of at least 4 members (excludes halogenated alkanes) is 3. The fraction of sp³-hybridized carbons (Fsp3) is 0.889. The third-order valence-electron chi connectivity index (χ3n) is 1.86. The summed E-state index contributed by atoms with van der Waals surface area (Å²) in [5.74, 6) is -0.299. The topological polar surface area (TPSA) is 43.1 Å². The maximum Gasteiger partial charge on any atom is 0.217 e. The standard InChI is InChI=1S/C9H17F2NO/c10-7-8(11)5-3-1-2-4-6-9(12)13/h8H,1-7H2,(H2,12,13). The summed E-state index contributed by atoms with van der Waals surface area (Å²) < 4.78 is 24.0. The third kappa shape index (κ3) is 9.24. The monoisotopic (exact) mass is 193 g/mol. The lowest BCUT2D eigenvalue weighted by Crippen LogP contribution is -2.09. The normalized spacial score (nSPS) is 12.8. The van der Waals surface area contributed by atoms with Crippen LogP contribution in [0, 0.1) is 0 Å². The predicted octanol–water partition coefficient (Wildman–Crippen LogP) is 2.12. The van der Waals surface area contributed by atoms with Crippen molar-refractivity contribution in [2.24, 2.45) is 5.73 Å².